The number of nitrogens with one attached hydrogen (secondary N) is 1. The maximum atomic E-state index is 12.4. The molecule has 3 aromatic rings. The predicted molar refractivity (Wildman–Crippen MR) is 79.2 cm³/mol. The molecule has 0 aliphatic rings. The lowest BCUT2D eigenvalue weighted by atomic mass is 10.3. The van der Waals surface area contributed by atoms with E-state index in [9.17, 15) is 4.79 Å². The lowest BCUT2D eigenvalue weighted by Crippen LogP contribution is -2.19. The van der Waals surface area contributed by atoms with Gasteiger partial charge in [-0.1, -0.05) is 0 Å². The third-order valence-corrected chi connectivity index (χ3v) is 4.02. The number of hydrogen-bond acceptors (Lipinski definition) is 4. The molecule has 0 amide bonds. The molecular weight excluding hydrogens is 280 g/mol. The van der Waals surface area contributed by atoms with Crippen LogP contribution in [0.25, 0.3) is 15.9 Å². The standard InChI is InChI=1S/C13H10N2O2S2/c1-17-9-4-2-8(3-5-9)15-12(16)11-10(6-7-19-11)14-13(15)18/h2-7H,1H3,(H,14,18). The third kappa shape index (κ3) is 1.98. The van der Waals surface area contributed by atoms with Crippen molar-refractivity contribution in [3.63, 3.8) is 0 Å². The fraction of sp³-hybridized carbons (Fsp3) is 0.0769. The second kappa shape index (κ2) is 4.64. The van der Waals surface area contributed by atoms with Crippen LogP contribution in [-0.2, 0) is 0 Å². The molecule has 0 radical (unpaired) electrons. The average Bonchev–Trinajstić information content (AvgIpc) is 2.88. The van der Waals surface area contributed by atoms with Crippen LogP contribution in [-0.4, -0.2) is 16.7 Å². The molecule has 0 spiro atoms. The number of fused-ring (bicyclic) bond motifs is 1. The summed E-state index contributed by atoms with van der Waals surface area (Å²) in [5, 5.41) is 1.87. The first kappa shape index (κ1) is 12.1. The van der Waals surface area contributed by atoms with E-state index in [0.717, 1.165) is 17.0 Å². The molecule has 96 valence electrons. The largest absolute Gasteiger partial charge is 0.497 e. The van der Waals surface area contributed by atoms with Crippen molar-refractivity contribution in [1.82, 2.24) is 9.55 Å². The number of methoxy groups -OCH3 is 1. The number of benzene rings is 1. The molecule has 0 saturated carbocycles. The van der Waals surface area contributed by atoms with Crippen LogP contribution in [0.15, 0.2) is 40.5 Å². The molecule has 4 nitrogen and oxygen atoms in total. The van der Waals surface area contributed by atoms with Gasteiger partial charge in [-0.25, -0.2) is 0 Å². The molecular formula is C13H10N2O2S2. The van der Waals surface area contributed by atoms with Crippen molar-refractivity contribution < 1.29 is 4.74 Å². The van der Waals surface area contributed by atoms with Crippen LogP contribution in [0.5, 0.6) is 5.75 Å². The lowest BCUT2D eigenvalue weighted by Gasteiger charge is -2.07. The average molecular weight is 290 g/mol. The van der Waals surface area contributed by atoms with Crippen LogP contribution in [0.1, 0.15) is 0 Å². The number of rotatable bonds is 2. The minimum atomic E-state index is -0.0982. The molecule has 0 saturated heterocycles. The molecule has 3 rings (SSSR count). The van der Waals surface area contributed by atoms with Crippen LogP contribution in [0.2, 0.25) is 0 Å². The fourth-order valence-corrected chi connectivity index (χ4v) is 2.98. The number of aromatic nitrogens is 2. The highest BCUT2D eigenvalue weighted by Gasteiger charge is 2.08. The molecule has 1 N–H and O–H groups in total. The van der Waals surface area contributed by atoms with Crippen molar-refractivity contribution in [2.45, 2.75) is 0 Å². The Morgan fingerprint density at radius 1 is 1.26 bits per heavy atom. The summed E-state index contributed by atoms with van der Waals surface area (Å²) in [5.74, 6) is 0.740. The van der Waals surface area contributed by atoms with E-state index in [2.05, 4.69) is 4.98 Å². The number of aromatic amines is 1. The zero-order valence-electron chi connectivity index (χ0n) is 10.0. The minimum absolute atomic E-state index is 0.0982. The van der Waals surface area contributed by atoms with E-state index in [0.29, 0.717) is 9.47 Å². The van der Waals surface area contributed by atoms with Crippen LogP contribution in [0.4, 0.5) is 0 Å². The predicted octanol–water partition coefficient (Wildman–Crippen LogP) is 3.12. The van der Waals surface area contributed by atoms with Gasteiger partial charge in [0.2, 0.25) is 0 Å². The SMILES string of the molecule is COc1ccc(-n2c(=S)[nH]c3ccsc3c2=O)cc1. The van der Waals surface area contributed by atoms with Crippen LogP contribution < -0.4 is 10.3 Å². The molecule has 0 unspecified atom stereocenters. The van der Waals surface area contributed by atoms with Gasteiger partial charge in [0.05, 0.1) is 18.3 Å². The van der Waals surface area contributed by atoms with Gasteiger partial charge in [-0.3, -0.25) is 9.36 Å². The summed E-state index contributed by atoms with van der Waals surface area (Å²) in [6.07, 6.45) is 0. The quantitative estimate of drug-likeness (QED) is 0.738. The first-order valence-corrected chi connectivity index (χ1v) is 6.86. The maximum absolute atomic E-state index is 12.4. The molecule has 2 heterocycles. The van der Waals surface area contributed by atoms with Crippen molar-refractivity contribution >= 4 is 33.8 Å². The summed E-state index contributed by atoms with van der Waals surface area (Å²) in [7, 11) is 1.60. The van der Waals surface area contributed by atoms with Crippen molar-refractivity contribution in [3.05, 3.63) is 50.8 Å². The first-order chi connectivity index (χ1) is 9.20. The van der Waals surface area contributed by atoms with Gasteiger partial charge in [-0.15, -0.1) is 11.3 Å². The van der Waals surface area contributed by atoms with Crippen LogP contribution >= 0.6 is 23.6 Å². The van der Waals surface area contributed by atoms with E-state index in [-0.39, 0.29) is 5.56 Å². The summed E-state index contributed by atoms with van der Waals surface area (Å²) >= 11 is 6.66. The van der Waals surface area contributed by atoms with Crippen LogP contribution in [0, 0.1) is 4.77 Å². The van der Waals surface area contributed by atoms with Gasteiger partial charge >= 0.3 is 0 Å². The van der Waals surface area contributed by atoms with Crippen molar-refractivity contribution in [1.29, 1.82) is 0 Å². The Balaban J connectivity index is 2.29. The molecule has 2 aromatic heterocycles. The first-order valence-electron chi connectivity index (χ1n) is 5.57. The molecule has 19 heavy (non-hydrogen) atoms. The van der Waals surface area contributed by atoms with Crippen LogP contribution in [0.3, 0.4) is 0 Å². The Hall–Kier alpha value is -1.92. The van der Waals surface area contributed by atoms with Gasteiger partial charge in [0.15, 0.2) is 4.77 Å². The molecule has 0 bridgehead atoms. The van der Waals surface area contributed by atoms with Gasteiger partial charge in [-0.05, 0) is 47.9 Å². The van der Waals surface area contributed by atoms with Gasteiger partial charge < -0.3 is 9.72 Å². The highest BCUT2D eigenvalue weighted by atomic mass is 32.1. The van der Waals surface area contributed by atoms with E-state index in [1.807, 2.05) is 23.6 Å². The summed E-state index contributed by atoms with van der Waals surface area (Å²) in [6.45, 7) is 0. The Kier molecular flexibility index (Phi) is 2.96. The normalized spacial score (nSPS) is 10.8. The second-order valence-corrected chi connectivity index (χ2v) is 5.23. The number of thiophene rings is 1. The summed E-state index contributed by atoms with van der Waals surface area (Å²) < 4.78 is 7.66. The topological polar surface area (TPSA) is 47.0 Å². The summed E-state index contributed by atoms with van der Waals surface area (Å²) in [5.41, 5.74) is 1.41. The van der Waals surface area contributed by atoms with Crippen molar-refractivity contribution in [3.8, 4) is 11.4 Å². The number of H-pyrrole nitrogens is 1. The molecule has 6 heteroatoms. The zero-order chi connectivity index (χ0) is 13.4. The van der Waals surface area contributed by atoms with E-state index in [1.165, 1.54) is 15.9 Å². The molecule has 0 fully saturated rings. The highest BCUT2D eigenvalue weighted by molar-refractivity contribution is 7.71. The second-order valence-electron chi connectivity index (χ2n) is 3.93. The minimum Gasteiger partial charge on any atom is -0.497 e. The lowest BCUT2D eigenvalue weighted by molar-refractivity contribution is 0.414. The summed E-state index contributed by atoms with van der Waals surface area (Å²) in [4.78, 5) is 15.5. The van der Waals surface area contributed by atoms with Gasteiger partial charge in [0.1, 0.15) is 10.4 Å². The van der Waals surface area contributed by atoms with Crippen molar-refractivity contribution in [2.24, 2.45) is 0 Å². The Bertz CT molecular complexity index is 843. The number of hydrogen-bond donors (Lipinski definition) is 1. The zero-order valence-corrected chi connectivity index (χ0v) is 11.7. The van der Waals surface area contributed by atoms with Gasteiger partial charge in [-0.2, -0.15) is 0 Å². The van der Waals surface area contributed by atoms with E-state index in [4.69, 9.17) is 17.0 Å². The Morgan fingerprint density at radius 2 is 2.00 bits per heavy atom. The van der Waals surface area contributed by atoms with Gasteiger partial charge in [0.25, 0.3) is 5.56 Å². The van der Waals surface area contributed by atoms with E-state index in [1.54, 1.807) is 19.2 Å². The van der Waals surface area contributed by atoms with E-state index >= 15 is 0 Å². The van der Waals surface area contributed by atoms with Gasteiger partial charge in [0, 0.05) is 0 Å². The Labute approximate surface area is 117 Å². The Morgan fingerprint density at radius 3 is 2.68 bits per heavy atom. The fourth-order valence-electron chi connectivity index (χ4n) is 1.90. The third-order valence-electron chi connectivity index (χ3n) is 2.84. The molecule has 1 aromatic carbocycles. The summed E-state index contributed by atoms with van der Waals surface area (Å²) in [6, 6.07) is 9.08. The highest BCUT2D eigenvalue weighted by Crippen LogP contribution is 2.17. The van der Waals surface area contributed by atoms with E-state index < -0.39 is 0 Å². The van der Waals surface area contributed by atoms with Crippen molar-refractivity contribution in [2.75, 3.05) is 7.11 Å². The number of ether oxygens (including phenoxy) is 1. The molecule has 0 atom stereocenters. The number of nitrogens with zero attached hydrogens (tertiary/aromatic N) is 1. The molecule has 0 aliphatic carbocycles. The molecule has 0 aliphatic heterocycles. The smallest absolute Gasteiger partial charge is 0.276 e. The maximum Gasteiger partial charge on any atom is 0.276 e. The monoisotopic (exact) mass is 290 g/mol.